The van der Waals surface area contributed by atoms with E-state index >= 15 is 0 Å². The molecule has 3 nitrogen and oxygen atoms in total. The van der Waals surface area contributed by atoms with Crippen LogP contribution in [0.15, 0.2) is 18.3 Å². The zero-order valence-electron chi connectivity index (χ0n) is 10.3. The van der Waals surface area contributed by atoms with Gasteiger partial charge < -0.3 is 10.1 Å². The summed E-state index contributed by atoms with van der Waals surface area (Å²) in [5, 5.41) is 3.49. The molecule has 1 saturated heterocycles. The van der Waals surface area contributed by atoms with E-state index in [1.165, 1.54) is 5.56 Å². The highest BCUT2D eigenvalue weighted by atomic mass is 16.5. The van der Waals surface area contributed by atoms with Gasteiger partial charge in [-0.05, 0) is 51.3 Å². The quantitative estimate of drug-likeness (QED) is 0.832. The van der Waals surface area contributed by atoms with Gasteiger partial charge in [-0.2, -0.15) is 0 Å². The molecule has 1 N–H and O–H groups in total. The van der Waals surface area contributed by atoms with Crippen LogP contribution in [0.5, 0.6) is 0 Å². The Morgan fingerprint density at radius 2 is 2.31 bits per heavy atom. The van der Waals surface area contributed by atoms with Crippen LogP contribution in [-0.4, -0.2) is 23.2 Å². The van der Waals surface area contributed by atoms with E-state index in [-0.39, 0.29) is 5.60 Å². The molecule has 0 bridgehead atoms. The molecule has 0 aliphatic carbocycles. The van der Waals surface area contributed by atoms with Crippen LogP contribution in [0.3, 0.4) is 0 Å². The van der Waals surface area contributed by atoms with Crippen molar-refractivity contribution in [2.75, 3.05) is 11.9 Å². The molecule has 1 fully saturated rings. The lowest BCUT2D eigenvalue weighted by atomic mass is 9.94. The van der Waals surface area contributed by atoms with Gasteiger partial charge in [0.15, 0.2) is 0 Å². The van der Waals surface area contributed by atoms with E-state index in [9.17, 15) is 0 Å². The molecule has 16 heavy (non-hydrogen) atoms. The Bertz CT molecular complexity index is 363. The molecule has 3 heteroatoms. The van der Waals surface area contributed by atoms with Gasteiger partial charge >= 0.3 is 0 Å². The van der Waals surface area contributed by atoms with Crippen molar-refractivity contribution in [3.63, 3.8) is 0 Å². The third-order valence-corrected chi connectivity index (χ3v) is 2.96. The Labute approximate surface area is 97.2 Å². The molecule has 0 aromatic carbocycles. The highest BCUT2D eigenvalue weighted by molar-refractivity contribution is 5.38. The lowest BCUT2D eigenvalue weighted by molar-refractivity contribution is -0.0553. The van der Waals surface area contributed by atoms with E-state index in [2.05, 4.69) is 37.1 Å². The van der Waals surface area contributed by atoms with Crippen LogP contribution < -0.4 is 5.32 Å². The van der Waals surface area contributed by atoms with Crippen molar-refractivity contribution in [1.82, 2.24) is 4.98 Å². The fraction of sp³-hybridized carbons (Fsp3) is 0.615. The number of hydrogen-bond acceptors (Lipinski definition) is 3. The number of rotatable bonds is 2. The molecular weight excluding hydrogens is 200 g/mol. The van der Waals surface area contributed by atoms with E-state index in [1.54, 1.807) is 0 Å². The van der Waals surface area contributed by atoms with Crippen molar-refractivity contribution in [3.05, 3.63) is 23.9 Å². The number of nitrogens with one attached hydrogen (secondary N) is 1. The maximum Gasteiger partial charge on any atom is 0.126 e. The van der Waals surface area contributed by atoms with Crippen LogP contribution in [0.2, 0.25) is 0 Å². The van der Waals surface area contributed by atoms with E-state index in [4.69, 9.17) is 4.74 Å². The minimum absolute atomic E-state index is 0.0141. The van der Waals surface area contributed by atoms with Gasteiger partial charge in [0.05, 0.1) is 5.60 Å². The number of aryl methyl sites for hydroxylation is 1. The summed E-state index contributed by atoms with van der Waals surface area (Å²) in [5.41, 5.74) is 1.23. The average Bonchev–Trinajstić information content (AvgIpc) is 2.15. The van der Waals surface area contributed by atoms with E-state index in [1.807, 2.05) is 12.3 Å². The molecule has 0 amide bonds. The zero-order valence-corrected chi connectivity index (χ0v) is 10.3. The molecular formula is C13H20N2O. The number of anilines is 1. The first-order valence-electron chi connectivity index (χ1n) is 5.88. The topological polar surface area (TPSA) is 34.2 Å². The van der Waals surface area contributed by atoms with Gasteiger partial charge in [0, 0.05) is 18.8 Å². The van der Waals surface area contributed by atoms with E-state index in [0.29, 0.717) is 6.04 Å². The van der Waals surface area contributed by atoms with Crippen molar-refractivity contribution < 1.29 is 4.74 Å². The summed E-state index contributed by atoms with van der Waals surface area (Å²) < 4.78 is 5.70. The van der Waals surface area contributed by atoms with Crippen LogP contribution >= 0.6 is 0 Å². The third kappa shape index (κ3) is 2.95. The van der Waals surface area contributed by atoms with Gasteiger partial charge in [-0.15, -0.1) is 0 Å². The lowest BCUT2D eigenvalue weighted by Gasteiger charge is -2.36. The zero-order chi connectivity index (χ0) is 11.6. The fourth-order valence-electron chi connectivity index (χ4n) is 2.18. The normalized spacial score (nSPS) is 24.1. The van der Waals surface area contributed by atoms with E-state index in [0.717, 1.165) is 25.3 Å². The van der Waals surface area contributed by atoms with Gasteiger partial charge in [-0.3, -0.25) is 0 Å². The molecule has 0 saturated carbocycles. The maximum atomic E-state index is 5.70. The van der Waals surface area contributed by atoms with Crippen molar-refractivity contribution in [1.29, 1.82) is 0 Å². The van der Waals surface area contributed by atoms with E-state index < -0.39 is 0 Å². The van der Waals surface area contributed by atoms with Gasteiger partial charge in [0.2, 0.25) is 0 Å². The standard InChI is InChI=1S/C13H20N2O/c1-10-4-6-14-12(8-10)15-11-5-7-16-13(2,3)9-11/h4,6,8,11H,5,7,9H2,1-3H3,(H,14,15). The molecule has 1 aromatic heterocycles. The first kappa shape index (κ1) is 11.4. The first-order chi connectivity index (χ1) is 7.55. The predicted molar refractivity (Wildman–Crippen MR) is 65.6 cm³/mol. The molecule has 2 heterocycles. The SMILES string of the molecule is Cc1ccnc(NC2CCOC(C)(C)C2)c1. The minimum Gasteiger partial charge on any atom is -0.375 e. The minimum atomic E-state index is -0.0141. The third-order valence-electron chi connectivity index (χ3n) is 2.96. The Morgan fingerprint density at radius 3 is 3.00 bits per heavy atom. The molecule has 88 valence electrons. The highest BCUT2D eigenvalue weighted by Crippen LogP contribution is 2.25. The van der Waals surface area contributed by atoms with Crippen molar-refractivity contribution in [2.24, 2.45) is 0 Å². The summed E-state index contributed by atoms with van der Waals surface area (Å²) in [5.74, 6) is 0.975. The molecule has 0 spiro atoms. The molecule has 1 aromatic rings. The summed E-state index contributed by atoms with van der Waals surface area (Å²) in [6, 6.07) is 4.57. The highest BCUT2D eigenvalue weighted by Gasteiger charge is 2.28. The summed E-state index contributed by atoms with van der Waals surface area (Å²) >= 11 is 0. The predicted octanol–water partition coefficient (Wildman–Crippen LogP) is 2.76. The van der Waals surface area contributed by atoms with Crippen LogP contribution in [0, 0.1) is 6.92 Å². The largest absolute Gasteiger partial charge is 0.375 e. The number of nitrogens with zero attached hydrogens (tertiary/aromatic N) is 1. The molecule has 1 atom stereocenters. The number of pyridine rings is 1. The van der Waals surface area contributed by atoms with Crippen molar-refractivity contribution >= 4 is 5.82 Å². The van der Waals surface area contributed by atoms with Gasteiger partial charge in [-0.25, -0.2) is 4.98 Å². The summed E-state index contributed by atoms with van der Waals surface area (Å²) in [6.45, 7) is 7.20. The first-order valence-corrected chi connectivity index (χ1v) is 5.88. The second kappa shape index (κ2) is 4.42. The van der Waals surface area contributed by atoms with Gasteiger partial charge in [0.1, 0.15) is 5.82 Å². The number of ether oxygens (including phenoxy) is 1. The number of aromatic nitrogens is 1. The lowest BCUT2D eigenvalue weighted by Crippen LogP contribution is -2.40. The van der Waals surface area contributed by atoms with Crippen molar-refractivity contribution in [2.45, 2.75) is 45.3 Å². The monoisotopic (exact) mass is 220 g/mol. The van der Waals surface area contributed by atoms with Crippen LogP contribution in [0.25, 0.3) is 0 Å². The Morgan fingerprint density at radius 1 is 1.50 bits per heavy atom. The van der Waals surface area contributed by atoms with Gasteiger partial charge in [-0.1, -0.05) is 0 Å². The Kier molecular flexibility index (Phi) is 3.15. The summed E-state index contributed by atoms with van der Waals surface area (Å²) in [7, 11) is 0. The van der Waals surface area contributed by atoms with Crippen LogP contribution in [0.1, 0.15) is 32.3 Å². The second-order valence-electron chi connectivity index (χ2n) is 5.16. The smallest absolute Gasteiger partial charge is 0.126 e. The molecule has 0 radical (unpaired) electrons. The van der Waals surface area contributed by atoms with Crippen molar-refractivity contribution in [3.8, 4) is 0 Å². The average molecular weight is 220 g/mol. The summed E-state index contributed by atoms with van der Waals surface area (Å²) in [4.78, 5) is 4.33. The van der Waals surface area contributed by atoms with Crippen LogP contribution in [-0.2, 0) is 4.74 Å². The Hall–Kier alpha value is -1.09. The number of hydrogen-bond donors (Lipinski definition) is 1. The summed E-state index contributed by atoms with van der Waals surface area (Å²) in [6.07, 6.45) is 3.93. The maximum absolute atomic E-state index is 5.70. The molecule has 2 rings (SSSR count). The van der Waals surface area contributed by atoms with Gasteiger partial charge in [0.25, 0.3) is 0 Å². The second-order valence-corrected chi connectivity index (χ2v) is 5.16. The fourth-order valence-corrected chi connectivity index (χ4v) is 2.18. The molecule has 1 aliphatic rings. The molecule has 1 aliphatic heterocycles. The Balaban J connectivity index is 1.99. The van der Waals surface area contributed by atoms with Crippen LogP contribution in [0.4, 0.5) is 5.82 Å². The molecule has 1 unspecified atom stereocenters.